The molecular formula is C16H21NO6. The SMILES string of the molecule is COc1ccc(OCC(=O)OCC(=O)NC[C@@H]2CCCO2)cc1. The molecule has 1 amide bonds. The van der Waals surface area contributed by atoms with E-state index < -0.39 is 5.97 Å². The van der Waals surface area contributed by atoms with Gasteiger partial charge in [0.1, 0.15) is 11.5 Å². The van der Waals surface area contributed by atoms with Gasteiger partial charge in [-0.05, 0) is 37.1 Å². The van der Waals surface area contributed by atoms with E-state index in [0.717, 1.165) is 19.4 Å². The van der Waals surface area contributed by atoms with Gasteiger partial charge in [-0.15, -0.1) is 0 Å². The fourth-order valence-electron chi connectivity index (χ4n) is 2.09. The minimum absolute atomic E-state index is 0.0630. The third-order valence-electron chi connectivity index (χ3n) is 3.33. The lowest BCUT2D eigenvalue weighted by atomic mass is 10.2. The van der Waals surface area contributed by atoms with E-state index in [-0.39, 0.29) is 25.2 Å². The summed E-state index contributed by atoms with van der Waals surface area (Å²) in [6.07, 6.45) is 2.02. The number of carbonyl (C=O) groups excluding carboxylic acids is 2. The van der Waals surface area contributed by atoms with Crippen LogP contribution in [0.4, 0.5) is 0 Å². The molecule has 0 bridgehead atoms. The van der Waals surface area contributed by atoms with Crippen molar-refractivity contribution in [3.63, 3.8) is 0 Å². The molecule has 2 rings (SSSR count). The number of hydrogen-bond donors (Lipinski definition) is 1. The van der Waals surface area contributed by atoms with E-state index in [1.807, 2.05) is 0 Å². The summed E-state index contributed by atoms with van der Waals surface area (Å²) in [5.41, 5.74) is 0. The third-order valence-corrected chi connectivity index (χ3v) is 3.33. The van der Waals surface area contributed by atoms with Gasteiger partial charge in [0.15, 0.2) is 13.2 Å². The van der Waals surface area contributed by atoms with Crippen LogP contribution in [0.25, 0.3) is 0 Å². The molecule has 0 aliphatic carbocycles. The van der Waals surface area contributed by atoms with E-state index in [1.54, 1.807) is 31.4 Å². The topological polar surface area (TPSA) is 83.1 Å². The van der Waals surface area contributed by atoms with Gasteiger partial charge in [-0.25, -0.2) is 4.79 Å². The first-order valence-corrected chi connectivity index (χ1v) is 7.48. The number of amides is 1. The van der Waals surface area contributed by atoms with Gasteiger partial charge in [-0.1, -0.05) is 0 Å². The molecule has 1 atom stereocenters. The monoisotopic (exact) mass is 323 g/mol. The number of methoxy groups -OCH3 is 1. The molecule has 1 aliphatic rings. The Hall–Kier alpha value is -2.28. The lowest BCUT2D eigenvalue weighted by molar-refractivity contribution is -0.150. The molecule has 1 saturated heterocycles. The molecule has 7 heteroatoms. The van der Waals surface area contributed by atoms with Gasteiger partial charge >= 0.3 is 5.97 Å². The quantitative estimate of drug-likeness (QED) is 0.716. The average Bonchev–Trinajstić information content (AvgIpc) is 3.10. The number of benzene rings is 1. The Balaban J connectivity index is 1.59. The molecule has 126 valence electrons. The zero-order valence-corrected chi connectivity index (χ0v) is 13.1. The summed E-state index contributed by atoms with van der Waals surface area (Å²) in [5, 5.41) is 2.67. The van der Waals surface area contributed by atoms with Gasteiger partial charge in [-0.3, -0.25) is 4.79 Å². The summed E-state index contributed by atoms with van der Waals surface area (Å²) >= 11 is 0. The number of ether oxygens (including phenoxy) is 4. The van der Waals surface area contributed by atoms with Crippen molar-refractivity contribution in [2.75, 3.05) is 33.5 Å². The van der Waals surface area contributed by atoms with Gasteiger partial charge in [0.2, 0.25) is 0 Å². The van der Waals surface area contributed by atoms with Crippen LogP contribution in [-0.4, -0.2) is 51.5 Å². The molecular weight excluding hydrogens is 302 g/mol. The van der Waals surface area contributed by atoms with Crippen LogP contribution in [0.1, 0.15) is 12.8 Å². The Bertz CT molecular complexity index is 510. The van der Waals surface area contributed by atoms with Crippen LogP contribution in [0, 0.1) is 0 Å². The van der Waals surface area contributed by atoms with E-state index >= 15 is 0 Å². The fraction of sp³-hybridized carbons (Fsp3) is 0.500. The number of carbonyl (C=O) groups is 2. The van der Waals surface area contributed by atoms with E-state index in [2.05, 4.69) is 5.32 Å². The Labute approximate surface area is 134 Å². The van der Waals surface area contributed by atoms with Crippen LogP contribution in [-0.2, 0) is 19.1 Å². The van der Waals surface area contributed by atoms with Crippen molar-refractivity contribution in [3.05, 3.63) is 24.3 Å². The zero-order chi connectivity index (χ0) is 16.5. The summed E-state index contributed by atoms with van der Waals surface area (Å²) in [6.45, 7) is 0.597. The van der Waals surface area contributed by atoms with Crippen LogP contribution in [0.3, 0.4) is 0 Å². The Morgan fingerprint density at radius 1 is 1.22 bits per heavy atom. The van der Waals surface area contributed by atoms with Crippen LogP contribution in [0.5, 0.6) is 11.5 Å². The predicted octanol–water partition coefficient (Wildman–Crippen LogP) is 0.912. The standard InChI is InChI=1S/C16H21NO6/c1-20-12-4-6-13(7-5-12)22-11-16(19)23-10-15(18)17-9-14-3-2-8-21-14/h4-7,14H,2-3,8-11H2,1H3,(H,17,18)/t14-/m0/s1. The molecule has 1 aliphatic heterocycles. The lowest BCUT2D eigenvalue weighted by Gasteiger charge is -2.11. The summed E-state index contributed by atoms with van der Waals surface area (Å²) in [4.78, 5) is 23.1. The molecule has 0 unspecified atom stereocenters. The van der Waals surface area contributed by atoms with Gasteiger partial charge in [0, 0.05) is 13.2 Å². The van der Waals surface area contributed by atoms with Crippen molar-refractivity contribution < 1.29 is 28.5 Å². The van der Waals surface area contributed by atoms with Crippen molar-refractivity contribution in [2.45, 2.75) is 18.9 Å². The van der Waals surface area contributed by atoms with Crippen LogP contribution in [0.2, 0.25) is 0 Å². The fourth-order valence-corrected chi connectivity index (χ4v) is 2.09. The molecule has 1 N–H and O–H groups in total. The maximum absolute atomic E-state index is 11.6. The predicted molar refractivity (Wildman–Crippen MR) is 81.4 cm³/mol. The van der Waals surface area contributed by atoms with E-state index in [1.165, 1.54) is 0 Å². The van der Waals surface area contributed by atoms with Crippen molar-refractivity contribution in [2.24, 2.45) is 0 Å². The number of esters is 1. The maximum atomic E-state index is 11.6. The molecule has 23 heavy (non-hydrogen) atoms. The number of rotatable bonds is 8. The van der Waals surface area contributed by atoms with Crippen molar-refractivity contribution in [1.82, 2.24) is 5.32 Å². The maximum Gasteiger partial charge on any atom is 0.344 e. The highest BCUT2D eigenvalue weighted by Gasteiger charge is 2.16. The first-order chi connectivity index (χ1) is 11.2. The summed E-state index contributed by atoms with van der Waals surface area (Å²) in [6, 6.07) is 6.80. The molecule has 1 heterocycles. The van der Waals surface area contributed by atoms with E-state index in [9.17, 15) is 9.59 Å². The van der Waals surface area contributed by atoms with E-state index in [0.29, 0.717) is 18.0 Å². The van der Waals surface area contributed by atoms with Crippen LogP contribution < -0.4 is 14.8 Å². The largest absolute Gasteiger partial charge is 0.497 e. The molecule has 0 radical (unpaired) electrons. The first kappa shape index (κ1) is 17.1. The van der Waals surface area contributed by atoms with Gasteiger partial charge < -0.3 is 24.3 Å². The Kier molecular flexibility index (Phi) is 6.68. The molecule has 1 aromatic carbocycles. The normalized spacial score (nSPS) is 16.7. The summed E-state index contributed by atoms with van der Waals surface area (Å²) in [7, 11) is 1.57. The second-order valence-electron chi connectivity index (χ2n) is 5.06. The minimum atomic E-state index is -0.604. The molecule has 0 aromatic heterocycles. The van der Waals surface area contributed by atoms with Crippen molar-refractivity contribution in [1.29, 1.82) is 0 Å². The minimum Gasteiger partial charge on any atom is -0.497 e. The van der Waals surface area contributed by atoms with Gasteiger partial charge in [0.25, 0.3) is 5.91 Å². The van der Waals surface area contributed by atoms with Crippen LogP contribution >= 0.6 is 0 Å². The smallest absolute Gasteiger partial charge is 0.344 e. The van der Waals surface area contributed by atoms with Crippen molar-refractivity contribution >= 4 is 11.9 Å². The summed E-state index contributed by atoms with van der Waals surface area (Å²) < 4.78 is 20.5. The highest BCUT2D eigenvalue weighted by molar-refractivity contribution is 5.80. The summed E-state index contributed by atoms with van der Waals surface area (Å²) in [5.74, 6) is 0.264. The zero-order valence-electron chi connectivity index (χ0n) is 13.1. The molecule has 7 nitrogen and oxygen atoms in total. The molecule has 0 saturated carbocycles. The highest BCUT2D eigenvalue weighted by Crippen LogP contribution is 2.16. The highest BCUT2D eigenvalue weighted by atomic mass is 16.6. The van der Waals surface area contributed by atoms with Gasteiger partial charge in [0.05, 0.1) is 13.2 Å². The number of hydrogen-bond acceptors (Lipinski definition) is 6. The molecule has 1 fully saturated rings. The second kappa shape index (κ2) is 8.99. The average molecular weight is 323 g/mol. The Morgan fingerprint density at radius 2 is 1.96 bits per heavy atom. The molecule has 0 spiro atoms. The van der Waals surface area contributed by atoms with Gasteiger partial charge in [-0.2, -0.15) is 0 Å². The first-order valence-electron chi connectivity index (χ1n) is 7.48. The third kappa shape index (κ3) is 6.15. The second-order valence-corrected chi connectivity index (χ2v) is 5.06. The molecule has 1 aromatic rings. The Morgan fingerprint density at radius 3 is 2.61 bits per heavy atom. The van der Waals surface area contributed by atoms with E-state index in [4.69, 9.17) is 18.9 Å². The number of nitrogens with one attached hydrogen (secondary N) is 1. The van der Waals surface area contributed by atoms with Crippen LogP contribution in [0.15, 0.2) is 24.3 Å². The lowest BCUT2D eigenvalue weighted by Crippen LogP contribution is -2.35. The van der Waals surface area contributed by atoms with Crippen molar-refractivity contribution in [3.8, 4) is 11.5 Å².